The quantitative estimate of drug-likeness (QED) is 0.613. The van der Waals surface area contributed by atoms with Gasteiger partial charge >= 0.3 is 0 Å². The number of rotatable bonds is 0. The summed E-state index contributed by atoms with van der Waals surface area (Å²) in [6.45, 7) is 8.77. The van der Waals surface area contributed by atoms with Crippen molar-refractivity contribution < 1.29 is 10.6 Å². The molecule has 1 heterocycles. The lowest BCUT2D eigenvalue weighted by Gasteiger charge is -2.52. The van der Waals surface area contributed by atoms with Crippen LogP contribution in [0.4, 0.5) is 0 Å². The Hall–Kier alpha value is -0.120. The van der Waals surface area contributed by atoms with Crippen LogP contribution in [0.2, 0.25) is 0 Å². The number of likely N-dealkylation sites (tertiary alicyclic amines) is 1. The van der Waals surface area contributed by atoms with E-state index < -0.39 is 0 Å². The van der Waals surface area contributed by atoms with E-state index in [2.05, 4.69) is 39.6 Å². The van der Waals surface area contributed by atoms with E-state index in [0.29, 0.717) is 0 Å². The van der Waals surface area contributed by atoms with Crippen LogP contribution < -0.4 is 0 Å². The Balaban J connectivity index is 0.00000144. The first kappa shape index (κ1) is 12.9. The van der Waals surface area contributed by atoms with Crippen molar-refractivity contribution in [2.24, 2.45) is 0 Å². The van der Waals surface area contributed by atoms with Gasteiger partial charge in [-0.1, -0.05) is 0 Å². The molecule has 1 aliphatic heterocycles. The summed E-state index contributed by atoms with van der Waals surface area (Å²) >= 11 is 0. The maximum Gasteiger partial charge on any atom is 0.0575 e. The minimum absolute atomic E-state index is 0. The van der Waals surface area contributed by atoms with Gasteiger partial charge in [0.05, 0.1) is 6.10 Å². The van der Waals surface area contributed by atoms with Gasteiger partial charge in [-0.2, -0.15) is 0 Å². The fourth-order valence-corrected chi connectivity index (χ4v) is 2.32. The molecule has 3 nitrogen and oxygen atoms in total. The average Bonchev–Trinajstić information content (AvgIpc) is 1.80. The first-order valence-corrected chi connectivity index (χ1v) is 4.68. The topological polar surface area (TPSA) is 55.0 Å². The molecule has 0 amide bonds. The first-order chi connectivity index (χ1) is 5.26. The van der Waals surface area contributed by atoms with Crippen LogP contribution in [-0.4, -0.2) is 39.7 Å². The summed E-state index contributed by atoms with van der Waals surface area (Å²) in [5, 5.41) is 9.67. The summed E-state index contributed by atoms with van der Waals surface area (Å²) in [4.78, 5) is 2.37. The van der Waals surface area contributed by atoms with Crippen LogP contribution >= 0.6 is 0 Å². The molecule has 13 heavy (non-hydrogen) atoms. The van der Waals surface area contributed by atoms with Crippen molar-refractivity contribution in [3.63, 3.8) is 0 Å². The molecule has 0 aliphatic carbocycles. The van der Waals surface area contributed by atoms with E-state index >= 15 is 0 Å². The van der Waals surface area contributed by atoms with Crippen LogP contribution in [0, 0.1) is 0 Å². The van der Waals surface area contributed by atoms with E-state index in [0.717, 1.165) is 12.8 Å². The SMILES string of the molecule is CN1C(C)(C)CC(O)CC1(C)C.O. The van der Waals surface area contributed by atoms with E-state index in [1.54, 1.807) is 0 Å². The van der Waals surface area contributed by atoms with Crippen molar-refractivity contribution in [1.29, 1.82) is 0 Å². The number of aliphatic hydroxyl groups is 1. The van der Waals surface area contributed by atoms with Crippen LogP contribution in [0.15, 0.2) is 0 Å². The molecule has 1 saturated heterocycles. The van der Waals surface area contributed by atoms with Crippen LogP contribution in [0.25, 0.3) is 0 Å². The van der Waals surface area contributed by atoms with Gasteiger partial charge in [-0.3, -0.25) is 4.90 Å². The van der Waals surface area contributed by atoms with Gasteiger partial charge in [0.2, 0.25) is 0 Å². The molecule has 0 aromatic rings. The number of hydrogen-bond donors (Lipinski definition) is 1. The molecule has 3 N–H and O–H groups in total. The average molecular weight is 189 g/mol. The van der Waals surface area contributed by atoms with Crippen LogP contribution in [0.5, 0.6) is 0 Å². The van der Waals surface area contributed by atoms with Crippen LogP contribution in [0.1, 0.15) is 40.5 Å². The highest BCUT2D eigenvalue weighted by atomic mass is 16.3. The van der Waals surface area contributed by atoms with Crippen molar-refractivity contribution in [2.45, 2.75) is 57.7 Å². The summed E-state index contributed by atoms with van der Waals surface area (Å²) in [5.41, 5.74) is 0.252. The third-order valence-electron chi connectivity index (χ3n) is 3.29. The summed E-state index contributed by atoms with van der Waals surface area (Å²) in [6, 6.07) is 0. The Morgan fingerprint density at radius 2 is 1.38 bits per heavy atom. The van der Waals surface area contributed by atoms with E-state index in [4.69, 9.17) is 0 Å². The molecule has 1 rings (SSSR count). The zero-order chi connectivity index (χ0) is 9.57. The molecule has 0 aromatic heterocycles. The highest BCUT2D eigenvalue weighted by Crippen LogP contribution is 2.36. The molecule has 0 bridgehead atoms. The Kier molecular flexibility index (Phi) is 3.53. The van der Waals surface area contributed by atoms with E-state index in [1.165, 1.54) is 0 Å². The lowest BCUT2D eigenvalue weighted by atomic mass is 9.79. The van der Waals surface area contributed by atoms with Gasteiger partial charge in [0.25, 0.3) is 0 Å². The third kappa shape index (κ3) is 2.42. The predicted molar refractivity (Wildman–Crippen MR) is 54.8 cm³/mol. The minimum Gasteiger partial charge on any atom is -0.412 e. The summed E-state index contributed by atoms with van der Waals surface area (Å²) in [6.07, 6.45) is 1.63. The maximum atomic E-state index is 9.67. The van der Waals surface area contributed by atoms with Gasteiger partial charge in [0.15, 0.2) is 0 Å². The second kappa shape index (κ2) is 3.56. The van der Waals surface area contributed by atoms with Gasteiger partial charge in [-0.05, 0) is 47.6 Å². The normalized spacial score (nSPS) is 28.2. The summed E-state index contributed by atoms with van der Waals surface area (Å²) in [7, 11) is 2.14. The second-order valence-electron chi connectivity index (χ2n) is 5.25. The zero-order valence-corrected chi connectivity index (χ0v) is 9.39. The van der Waals surface area contributed by atoms with Crippen molar-refractivity contribution in [3.05, 3.63) is 0 Å². The van der Waals surface area contributed by atoms with Gasteiger partial charge < -0.3 is 10.6 Å². The molecule has 1 fully saturated rings. The van der Waals surface area contributed by atoms with Crippen LogP contribution in [-0.2, 0) is 0 Å². The highest BCUT2D eigenvalue weighted by molar-refractivity contribution is 4.98. The number of piperidine rings is 1. The molecule has 1 aliphatic rings. The fourth-order valence-electron chi connectivity index (χ4n) is 2.32. The lowest BCUT2D eigenvalue weighted by molar-refractivity contribution is -0.0641. The van der Waals surface area contributed by atoms with Crippen molar-refractivity contribution in [2.75, 3.05) is 7.05 Å². The second-order valence-corrected chi connectivity index (χ2v) is 5.25. The highest BCUT2D eigenvalue weighted by Gasteiger charge is 2.42. The lowest BCUT2D eigenvalue weighted by Crippen LogP contribution is -2.59. The Morgan fingerprint density at radius 1 is 1.08 bits per heavy atom. The summed E-state index contributed by atoms with van der Waals surface area (Å²) < 4.78 is 0. The molecule has 0 atom stereocenters. The number of hydrogen-bond acceptors (Lipinski definition) is 2. The molecule has 3 heteroatoms. The first-order valence-electron chi connectivity index (χ1n) is 4.68. The Morgan fingerprint density at radius 3 is 1.69 bits per heavy atom. The maximum absolute atomic E-state index is 9.67. The molecule has 80 valence electrons. The molecular formula is C10H23NO2. The largest absolute Gasteiger partial charge is 0.412 e. The molecule has 0 spiro atoms. The van der Waals surface area contributed by atoms with Crippen molar-refractivity contribution in [3.8, 4) is 0 Å². The summed E-state index contributed by atoms with van der Waals surface area (Å²) in [5.74, 6) is 0. The standard InChI is InChI=1S/C10H21NO.H2O/c1-9(2)6-8(12)7-10(3,4)11(9)5;/h8,12H,6-7H2,1-5H3;1H2. The van der Waals surface area contributed by atoms with Crippen molar-refractivity contribution in [1.82, 2.24) is 4.90 Å². The van der Waals surface area contributed by atoms with Crippen molar-refractivity contribution >= 4 is 0 Å². The minimum atomic E-state index is -0.133. The number of nitrogens with zero attached hydrogens (tertiary/aromatic N) is 1. The third-order valence-corrected chi connectivity index (χ3v) is 3.29. The predicted octanol–water partition coefficient (Wildman–Crippen LogP) is 0.805. The van der Waals surface area contributed by atoms with Gasteiger partial charge in [-0.25, -0.2) is 0 Å². The zero-order valence-electron chi connectivity index (χ0n) is 9.39. The molecule has 0 unspecified atom stereocenters. The van der Waals surface area contributed by atoms with E-state index in [9.17, 15) is 5.11 Å². The van der Waals surface area contributed by atoms with E-state index in [1.807, 2.05) is 0 Å². The smallest absolute Gasteiger partial charge is 0.0575 e. The Labute approximate surface area is 81.1 Å². The molecule has 0 saturated carbocycles. The van der Waals surface area contributed by atoms with Gasteiger partial charge in [-0.15, -0.1) is 0 Å². The van der Waals surface area contributed by atoms with Gasteiger partial charge in [0.1, 0.15) is 0 Å². The van der Waals surface area contributed by atoms with E-state index in [-0.39, 0.29) is 22.7 Å². The van der Waals surface area contributed by atoms with Crippen LogP contribution in [0.3, 0.4) is 0 Å². The molecule has 0 aromatic carbocycles. The fraction of sp³-hybridized carbons (Fsp3) is 1.00. The monoisotopic (exact) mass is 189 g/mol. The molecule has 0 radical (unpaired) electrons. The van der Waals surface area contributed by atoms with Gasteiger partial charge in [0, 0.05) is 11.1 Å². The molecular weight excluding hydrogens is 166 g/mol. The number of aliphatic hydroxyl groups excluding tert-OH is 1. The Bertz CT molecular complexity index is 160.